The summed E-state index contributed by atoms with van der Waals surface area (Å²) in [5.41, 5.74) is -1.22. The fourth-order valence-corrected chi connectivity index (χ4v) is 12.3. The topological polar surface area (TPSA) is 205 Å². The molecule has 14 atom stereocenters. The number of carbonyl (C=O) groups excluding carboxylic acids is 3. The number of ketones is 1. The van der Waals surface area contributed by atoms with Crippen molar-refractivity contribution < 1.29 is 68.0 Å². The number of carboxylic acid groups (broad SMARTS) is 1. The summed E-state index contributed by atoms with van der Waals surface area (Å²) in [7, 11) is 2.91. The van der Waals surface area contributed by atoms with Crippen LogP contribution in [0, 0.1) is 47.3 Å². The van der Waals surface area contributed by atoms with Crippen molar-refractivity contribution in [2.24, 2.45) is 40.4 Å². The Labute approximate surface area is 375 Å². The first kappa shape index (κ1) is 47.2. The number of aliphatic carboxylic acids is 1. The van der Waals surface area contributed by atoms with Gasteiger partial charge in [0, 0.05) is 23.5 Å². The third-order valence-corrected chi connectivity index (χ3v) is 15.3. The van der Waals surface area contributed by atoms with Crippen molar-refractivity contribution in [2.45, 2.75) is 137 Å². The number of aliphatic hydroxyl groups is 3. The molecule has 348 valence electrons. The molecule has 1 aromatic carbocycles. The average molecular weight is 889 g/mol. The molecule has 7 rings (SSSR count). The lowest BCUT2D eigenvalue weighted by Crippen LogP contribution is -2.60. The minimum atomic E-state index is -1.79. The van der Waals surface area contributed by atoms with Crippen LogP contribution in [0.25, 0.3) is 0 Å². The van der Waals surface area contributed by atoms with Crippen molar-refractivity contribution in [3.8, 4) is 11.5 Å². The molecule has 14 heteroatoms. The number of rotatable bonds is 7. The number of hydrogen-bond donors (Lipinski definition) is 4. The number of ether oxygens (including phenoxy) is 6. The minimum absolute atomic E-state index is 0.0784. The molecule has 0 aromatic heterocycles. The van der Waals surface area contributed by atoms with Crippen LogP contribution in [0.2, 0.25) is 0 Å². The number of methoxy groups -OCH3 is 2. The summed E-state index contributed by atoms with van der Waals surface area (Å²) in [6.45, 7) is 16.6. The maximum absolute atomic E-state index is 15.2. The van der Waals surface area contributed by atoms with E-state index in [1.807, 2.05) is 33.8 Å². The summed E-state index contributed by atoms with van der Waals surface area (Å²) < 4.78 is 35.7. The molecule has 14 nitrogen and oxygen atoms in total. The number of Topliss-reactive ketones (excluding diaryl/α,β-unsaturated/α-hetero) is 1. The Balaban J connectivity index is 1.23. The van der Waals surface area contributed by atoms with Crippen molar-refractivity contribution in [3.63, 3.8) is 0 Å². The summed E-state index contributed by atoms with van der Waals surface area (Å²) in [6, 6.07) is 3.21. The van der Waals surface area contributed by atoms with Crippen LogP contribution in [0.15, 0.2) is 70.1 Å². The molecule has 0 amide bonds. The number of carboxylic acids is 1. The van der Waals surface area contributed by atoms with E-state index in [2.05, 4.69) is 19.1 Å². The number of carbonyl (C=O) groups is 4. The highest BCUT2D eigenvalue weighted by molar-refractivity contribution is 6.26. The smallest absolute Gasteiger partial charge is 0.346 e. The summed E-state index contributed by atoms with van der Waals surface area (Å²) >= 11 is 0. The van der Waals surface area contributed by atoms with E-state index in [4.69, 9.17) is 28.4 Å². The van der Waals surface area contributed by atoms with Crippen LogP contribution in [-0.2, 0) is 33.3 Å². The normalized spacial score (nSPS) is 40.5. The number of fused-ring (bicyclic) bond motifs is 4. The van der Waals surface area contributed by atoms with Crippen molar-refractivity contribution in [1.82, 2.24) is 0 Å². The standard InChI is InChI=1S/C50H64O14/c1-23-13-12-14-25(3)38-27(5)18-31-33(49(38,9)42(53)37-43(54)50(64-46(37)58)21-28(6)32(44(55)56)22-48(50,8)20-23)15-24(2)16-34(31)62-47-40(52)39(51)41(29(7)61-47)63-45(57)36-26(4)17-30(59-10)19-35(36)60-11/h14-15,17,19-20,22,27-29,31,33-34,38-41,47,51-53H,12-13,16,18,21H2,1-11H3,(H,55,56)/b23-20-,25-14-,42-37?. The zero-order valence-electron chi connectivity index (χ0n) is 38.7. The predicted molar refractivity (Wildman–Crippen MR) is 233 cm³/mol. The number of aliphatic hydroxyl groups excluding tert-OH is 3. The zero-order chi connectivity index (χ0) is 47.0. The van der Waals surface area contributed by atoms with E-state index >= 15 is 4.79 Å². The molecule has 0 radical (unpaired) electrons. The number of aryl methyl sites for hydroxylation is 1. The van der Waals surface area contributed by atoms with Gasteiger partial charge in [0.1, 0.15) is 40.6 Å². The van der Waals surface area contributed by atoms with Crippen LogP contribution in [0.5, 0.6) is 11.5 Å². The van der Waals surface area contributed by atoms with Crippen LogP contribution in [0.1, 0.15) is 103 Å². The SMILES string of the molecule is COc1cc(C)c(C(=O)OC2C(C)OC(OC3CC(C)=CC4C3CC(C)C3/C(C)=C\CC/C(C)=C\C5(C)C=C(C(=O)O)C(C)CC56OC(=O)C(=C(O)C43C)C6=O)C(O)C2O)c(OC)c1. The molecule has 2 aliphatic heterocycles. The van der Waals surface area contributed by atoms with Crippen LogP contribution in [0.4, 0.5) is 0 Å². The Morgan fingerprint density at radius 1 is 0.938 bits per heavy atom. The molecule has 64 heavy (non-hydrogen) atoms. The lowest BCUT2D eigenvalue weighted by Gasteiger charge is -2.56. The highest BCUT2D eigenvalue weighted by Gasteiger charge is 2.67. The van der Waals surface area contributed by atoms with Gasteiger partial charge < -0.3 is 48.8 Å². The van der Waals surface area contributed by atoms with Crippen LogP contribution >= 0.6 is 0 Å². The molecule has 2 bridgehead atoms. The van der Waals surface area contributed by atoms with Gasteiger partial charge in [0.25, 0.3) is 0 Å². The quantitative estimate of drug-likeness (QED) is 0.123. The minimum Gasteiger partial charge on any atom is -0.511 e. The van der Waals surface area contributed by atoms with Gasteiger partial charge in [0.2, 0.25) is 5.78 Å². The average Bonchev–Trinajstić information content (AvgIpc) is 3.47. The summed E-state index contributed by atoms with van der Waals surface area (Å²) in [4.78, 5) is 55.5. The summed E-state index contributed by atoms with van der Waals surface area (Å²) in [5.74, 6) is -5.12. The van der Waals surface area contributed by atoms with Gasteiger partial charge >= 0.3 is 17.9 Å². The monoisotopic (exact) mass is 888 g/mol. The third kappa shape index (κ3) is 7.61. The van der Waals surface area contributed by atoms with E-state index in [9.17, 15) is 34.8 Å². The van der Waals surface area contributed by atoms with Crippen molar-refractivity contribution >= 4 is 23.7 Å². The number of hydrogen-bond acceptors (Lipinski definition) is 13. The van der Waals surface area contributed by atoms with Gasteiger partial charge in [-0.3, -0.25) is 4.79 Å². The van der Waals surface area contributed by atoms with Crippen LogP contribution in [-0.4, -0.2) is 101 Å². The maximum Gasteiger partial charge on any atom is 0.346 e. The van der Waals surface area contributed by atoms with Gasteiger partial charge in [-0.05, 0) is 108 Å². The largest absolute Gasteiger partial charge is 0.511 e. The molecule has 2 heterocycles. The van der Waals surface area contributed by atoms with E-state index in [-0.39, 0.29) is 46.8 Å². The molecule has 2 saturated heterocycles. The van der Waals surface area contributed by atoms with Gasteiger partial charge in [-0.25, -0.2) is 14.4 Å². The highest BCUT2D eigenvalue weighted by atomic mass is 16.7. The second-order valence-corrected chi connectivity index (χ2v) is 19.7. The number of benzene rings is 1. The van der Waals surface area contributed by atoms with E-state index in [1.54, 1.807) is 45.9 Å². The first-order valence-electron chi connectivity index (χ1n) is 22.3. The van der Waals surface area contributed by atoms with Gasteiger partial charge in [0.05, 0.1) is 31.8 Å². The Bertz CT molecular complexity index is 2270. The van der Waals surface area contributed by atoms with Crippen molar-refractivity contribution in [2.75, 3.05) is 14.2 Å². The summed E-state index contributed by atoms with van der Waals surface area (Å²) in [5, 5.41) is 46.2. The summed E-state index contributed by atoms with van der Waals surface area (Å²) in [6.07, 6.45) is 2.48. The maximum atomic E-state index is 15.2. The molecular weight excluding hydrogens is 825 g/mol. The lowest BCUT2D eigenvalue weighted by molar-refractivity contribution is -0.310. The lowest BCUT2D eigenvalue weighted by atomic mass is 9.48. The second kappa shape index (κ2) is 17.2. The van der Waals surface area contributed by atoms with E-state index < -0.39 is 94.3 Å². The van der Waals surface area contributed by atoms with Crippen LogP contribution < -0.4 is 9.47 Å². The van der Waals surface area contributed by atoms with Gasteiger partial charge in [-0.1, -0.05) is 61.8 Å². The Morgan fingerprint density at radius 3 is 2.30 bits per heavy atom. The Hall–Kier alpha value is -4.76. The molecule has 4 aliphatic carbocycles. The van der Waals surface area contributed by atoms with Crippen molar-refractivity contribution in [1.29, 1.82) is 0 Å². The number of esters is 2. The highest BCUT2D eigenvalue weighted by Crippen LogP contribution is 2.62. The zero-order valence-corrected chi connectivity index (χ0v) is 38.7. The Morgan fingerprint density at radius 2 is 1.64 bits per heavy atom. The third-order valence-electron chi connectivity index (χ3n) is 15.3. The fraction of sp³-hybridized carbons (Fsp3) is 0.600. The molecule has 3 fully saturated rings. The molecule has 14 unspecified atom stereocenters. The fourth-order valence-electron chi connectivity index (χ4n) is 12.3. The van der Waals surface area contributed by atoms with Gasteiger partial charge in [-0.15, -0.1) is 0 Å². The van der Waals surface area contributed by atoms with Gasteiger partial charge in [0.15, 0.2) is 18.0 Å². The van der Waals surface area contributed by atoms with Crippen LogP contribution in [0.3, 0.4) is 0 Å². The molecule has 1 aromatic rings. The molecule has 1 saturated carbocycles. The Kier molecular flexibility index (Phi) is 12.7. The molecule has 4 N–H and O–H groups in total. The van der Waals surface area contributed by atoms with E-state index in [1.165, 1.54) is 14.2 Å². The van der Waals surface area contributed by atoms with E-state index in [0.717, 1.165) is 16.7 Å². The molecule has 1 spiro atoms. The first-order valence-corrected chi connectivity index (χ1v) is 22.3. The predicted octanol–water partition coefficient (Wildman–Crippen LogP) is 7.05. The van der Waals surface area contributed by atoms with Gasteiger partial charge in [-0.2, -0.15) is 0 Å². The number of allylic oxidation sites excluding steroid dienone is 5. The van der Waals surface area contributed by atoms with E-state index in [0.29, 0.717) is 37.0 Å². The molecular formula is C50H64O14. The molecule has 6 aliphatic rings. The first-order chi connectivity index (χ1) is 30.0. The second-order valence-electron chi connectivity index (χ2n) is 19.7. The van der Waals surface area contributed by atoms with Crippen molar-refractivity contribution in [3.05, 3.63) is 81.2 Å².